The number of pyridine rings is 1. The van der Waals surface area contributed by atoms with Crippen molar-refractivity contribution < 1.29 is 22.8 Å². The molecule has 2 amide bonds. The number of aromatic nitrogens is 1. The molecule has 0 aliphatic carbocycles. The molecule has 0 spiro atoms. The molecule has 2 rings (SSSR count). The Kier molecular flexibility index (Phi) is 6.38. The smallest absolute Gasteiger partial charge is 0.345 e. The number of carbonyl (C=O) groups is 2. The SMILES string of the molecule is CCc1ccccc1NC(=O)CNC(=O)Cn1cc(C(F)(F)F)ccc1=O. The molecular formula is C18H18F3N3O3. The highest BCUT2D eigenvalue weighted by atomic mass is 19.4. The van der Waals surface area contributed by atoms with Gasteiger partial charge in [-0.25, -0.2) is 0 Å². The van der Waals surface area contributed by atoms with Crippen LogP contribution < -0.4 is 16.2 Å². The molecule has 1 aromatic carbocycles. The minimum absolute atomic E-state index is 0.370. The molecule has 2 aromatic rings. The Morgan fingerprint density at radius 1 is 1.07 bits per heavy atom. The lowest BCUT2D eigenvalue weighted by atomic mass is 10.1. The summed E-state index contributed by atoms with van der Waals surface area (Å²) >= 11 is 0. The molecule has 0 radical (unpaired) electrons. The highest BCUT2D eigenvalue weighted by molar-refractivity contribution is 5.95. The average molecular weight is 381 g/mol. The molecule has 0 aliphatic rings. The number of para-hydroxylation sites is 1. The number of rotatable bonds is 6. The predicted molar refractivity (Wildman–Crippen MR) is 93.2 cm³/mol. The van der Waals surface area contributed by atoms with Crippen LogP contribution in [0.3, 0.4) is 0 Å². The van der Waals surface area contributed by atoms with Crippen molar-refractivity contribution in [1.82, 2.24) is 9.88 Å². The Labute approximate surface area is 153 Å². The van der Waals surface area contributed by atoms with Gasteiger partial charge in [-0.1, -0.05) is 25.1 Å². The zero-order valence-electron chi connectivity index (χ0n) is 14.5. The van der Waals surface area contributed by atoms with Gasteiger partial charge in [0, 0.05) is 18.0 Å². The summed E-state index contributed by atoms with van der Waals surface area (Å²) in [5, 5.41) is 4.93. The van der Waals surface area contributed by atoms with Gasteiger partial charge in [0.1, 0.15) is 6.54 Å². The van der Waals surface area contributed by atoms with Crippen molar-refractivity contribution in [3.8, 4) is 0 Å². The summed E-state index contributed by atoms with van der Waals surface area (Å²) in [7, 11) is 0. The molecule has 144 valence electrons. The van der Waals surface area contributed by atoms with Gasteiger partial charge >= 0.3 is 6.18 Å². The molecule has 1 aromatic heterocycles. The van der Waals surface area contributed by atoms with Gasteiger partial charge in [0.15, 0.2) is 0 Å². The monoisotopic (exact) mass is 381 g/mol. The standard InChI is InChI=1S/C18H18F3N3O3/c1-2-12-5-3-4-6-14(12)23-15(25)9-22-16(26)11-24-10-13(18(19,20)21)7-8-17(24)27/h3-8,10H,2,9,11H2,1H3,(H,22,26)(H,23,25). The Morgan fingerprint density at radius 2 is 1.78 bits per heavy atom. The lowest BCUT2D eigenvalue weighted by Crippen LogP contribution is -2.37. The molecule has 0 atom stereocenters. The van der Waals surface area contributed by atoms with Crippen molar-refractivity contribution in [1.29, 1.82) is 0 Å². The van der Waals surface area contributed by atoms with Gasteiger partial charge in [0.05, 0.1) is 12.1 Å². The van der Waals surface area contributed by atoms with Crippen LogP contribution in [0.1, 0.15) is 18.1 Å². The highest BCUT2D eigenvalue weighted by Crippen LogP contribution is 2.27. The van der Waals surface area contributed by atoms with Crippen molar-refractivity contribution in [3.05, 3.63) is 64.1 Å². The summed E-state index contributed by atoms with van der Waals surface area (Å²) in [5.74, 6) is -1.24. The second kappa shape index (κ2) is 8.52. The molecule has 27 heavy (non-hydrogen) atoms. The predicted octanol–water partition coefficient (Wildman–Crippen LogP) is 2.18. The van der Waals surface area contributed by atoms with Gasteiger partial charge < -0.3 is 15.2 Å². The van der Waals surface area contributed by atoms with Crippen molar-refractivity contribution >= 4 is 17.5 Å². The van der Waals surface area contributed by atoms with Gasteiger partial charge in [-0.15, -0.1) is 0 Å². The number of nitrogens with one attached hydrogen (secondary N) is 2. The van der Waals surface area contributed by atoms with E-state index < -0.39 is 35.7 Å². The van der Waals surface area contributed by atoms with E-state index in [1.54, 1.807) is 12.1 Å². The number of benzene rings is 1. The van der Waals surface area contributed by atoms with Crippen LogP contribution in [0.2, 0.25) is 0 Å². The van der Waals surface area contributed by atoms with E-state index >= 15 is 0 Å². The van der Waals surface area contributed by atoms with Gasteiger partial charge in [-0.05, 0) is 24.1 Å². The van der Waals surface area contributed by atoms with Crippen molar-refractivity contribution in [2.45, 2.75) is 26.1 Å². The fraction of sp³-hybridized carbons (Fsp3) is 0.278. The number of aryl methyl sites for hydroxylation is 1. The van der Waals surface area contributed by atoms with E-state index in [2.05, 4.69) is 10.6 Å². The number of anilines is 1. The van der Waals surface area contributed by atoms with Gasteiger partial charge in [0.25, 0.3) is 5.56 Å². The Hall–Kier alpha value is -3.10. The number of hydrogen-bond acceptors (Lipinski definition) is 3. The molecule has 0 saturated heterocycles. The third kappa shape index (κ3) is 5.70. The second-order valence-corrected chi connectivity index (χ2v) is 5.72. The third-order valence-electron chi connectivity index (χ3n) is 3.74. The molecule has 0 fully saturated rings. The first-order valence-electron chi connectivity index (χ1n) is 8.13. The maximum absolute atomic E-state index is 12.7. The lowest BCUT2D eigenvalue weighted by molar-refractivity contribution is -0.138. The first kappa shape index (κ1) is 20.2. The highest BCUT2D eigenvalue weighted by Gasteiger charge is 2.31. The van der Waals surface area contributed by atoms with Gasteiger partial charge in [-0.3, -0.25) is 14.4 Å². The lowest BCUT2D eigenvalue weighted by Gasteiger charge is -2.12. The molecule has 9 heteroatoms. The van der Waals surface area contributed by atoms with Crippen LogP contribution in [0, 0.1) is 0 Å². The third-order valence-corrected chi connectivity index (χ3v) is 3.74. The normalized spacial score (nSPS) is 11.1. The van der Waals surface area contributed by atoms with Crippen molar-refractivity contribution in [2.24, 2.45) is 0 Å². The molecule has 6 nitrogen and oxygen atoms in total. The average Bonchev–Trinajstić information content (AvgIpc) is 2.61. The van der Waals surface area contributed by atoms with Crippen LogP contribution in [0.5, 0.6) is 0 Å². The molecule has 0 saturated carbocycles. The van der Waals surface area contributed by atoms with Crippen LogP contribution in [-0.2, 0) is 28.7 Å². The Balaban J connectivity index is 1.95. The molecule has 0 bridgehead atoms. The number of nitrogens with zero attached hydrogens (tertiary/aromatic N) is 1. The van der Waals surface area contributed by atoms with E-state index in [0.717, 1.165) is 11.6 Å². The van der Waals surface area contributed by atoms with Crippen LogP contribution in [0.25, 0.3) is 0 Å². The number of carbonyl (C=O) groups excluding carboxylic acids is 2. The largest absolute Gasteiger partial charge is 0.417 e. The minimum atomic E-state index is -4.63. The quantitative estimate of drug-likeness (QED) is 0.805. The van der Waals surface area contributed by atoms with Crippen LogP contribution in [-0.4, -0.2) is 22.9 Å². The maximum Gasteiger partial charge on any atom is 0.417 e. The topological polar surface area (TPSA) is 80.2 Å². The molecule has 2 N–H and O–H groups in total. The number of amides is 2. The zero-order valence-corrected chi connectivity index (χ0v) is 14.5. The summed E-state index contributed by atoms with van der Waals surface area (Å²) in [6, 6.07) is 8.56. The summed E-state index contributed by atoms with van der Waals surface area (Å²) in [5.41, 5.74) is -0.246. The Bertz CT molecular complexity index is 891. The number of hydrogen-bond donors (Lipinski definition) is 2. The first-order valence-corrected chi connectivity index (χ1v) is 8.13. The van der Waals surface area contributed by atoms with Crippen LogP contribution in [0.15, 0.2) is 47.4 Å². The summed E-state index contributed by atoms with van der Waals surface area (Å²) in [4.78, 5) is 35.4. The van der Waals surface area contributed by atoms with Crippen LogP contribution in [0.4, 0.5) is 18.9 Å². The molecule has 0 aliphatic heterocycles. The maximum atomic E-state index is 12.7. The van der Waals surface area contributed by atoms with E-state index in [1.807, 2.05) is 19.1 Å². The fourth-order valence-corrected chi connectivity index (χ4v) is 2.36. The van der Waals surface area contributed by atoms with Crippen molar-refractivity contribution in [3.63, 3.8) is 0 Å². The molecular weight excluding hydrogens is 363 g/mol. The Morgan fingerprint density at radius 3 is 2.44 bits per heavy atom. The molecule has 0 unspecified atom stereocenters. The summed E-state index contributed by atoms with van der Waals surface area (Å²) < 4.78 is 38.7. The van der Waals surface area contributed by atoms with E-state index in [9.17, 15) is 27.6 Å². The second-order valence-electron chi connectivity index (χ2n) is 5.72. The van der Waals surface area contributed by atoms with Gasteiger partial charge in [0.2, 0.25) is 11.8 Å². The van der Waals surface area contributed by atoms with E-state index in [0.29, 0.717) is 28.9 Å². The van der Waals surface area contributed by atoms with Crippen molar-refractivity contribution in [2.75, 3.05) is 11.9 Å². The first-order chi connectivity index (χ1) is 12.7. The van der Waals surface area contributed by atoms with Gasteiger partial charge in [-0.2, -0.15) is 13.2 Å². The fourth-order valence-electron chi connectivity index (χ4n) is 2.36. The van der Waals surface area contributed by atoms with E-state index in [4.69, 9.17) is 0 Å². The number of alkyl halides is 3. The number of halogens is 3. The minimum Gasteiger partial charge on any atom is -0.345 e. The zero-order chi connectivity index (χ0) is 20.0. The van der Waals surface area contributed by atoms with Crippen LogP contribution >= 0.6 is 0 Å². The van der Waals surface area contributed by atoms with E-state index in [-0.39, 0.29) is 6.54 Å². The summed E-state index contributed by atoms with van der Waals surface area (Å²) in [6.45, 7) is 0.936. The summed E-state index contributed by atoms with van der Waals surface area (Å²) in [6.07, 6.45) is -3.35. The van der Waals surface area contributed by atoms with E-state index in [1.165, 1.54) is 0 Å². The molecule has 1 heterocycles.